The number of primary amides is 1. The number of rotatable bonds is 2. The SMILES string of the molecule is NC(=O)O[C@H]1CC(O)CO[C@@H]1c1cc(F)ccc1F. The molecule has 0 aliphatic carbocycles. The predicted molar refractivity (Wildman–Crippen MR) is 60.1 cm³/mol. The van der Waals surface area contributed by atoms with Crippen LogP contribution in [0.25, 0.3) is 0 Å². The Labute approximate surface area is 107 Å². The molecule has 0 spiro atoms. The van der Waals surface area contributed by atoms with Gasteiger partial charge in [-0.25, -0.2) is 13.6 Å². The molecule has 0 radical (unpaired) electrons. The van der Waals surface area contributed by atoms with Crippen molar-refractivity contribution in [3.8, 4) is 0 Å². The van der Waals surface area contributed by atoms with Gasteiger partial charge in [-0.15, -0.1) is 0 Å². The van der Waals surface area contributed by atoms with Crippen LogP contribution in [0.5, 0.6) is 0 Å². The average Bonchev–Trinajstić information content (AvgIpc) is 2.32. The summed E-state index contributed by atoms with van der Waals surface area (Å²) in [6, 6.07) is 2.90. The van der Waals surface area contributed by atoms with Crippen molar-refractivity contribution < 1.29 is 28.2 Å². The van der Waals surface area contributed by atoms with E-state index in [4.69, 9.17) is 15.2 Å². The highest BCUT2D eigenvalue weighted by molar-refractivity contribution is 5.64. The number of amides is 1. The molecule has 0 aromatic heterocycles. The van der Waals surface area contributed by atoms with Crippen LogP contribution in [0.4, 0.5) is 13.6 Å². The van der Waals surface area contributed by atoms with Gasteiger partial charge in [-0.3, -0.25) is 0 Å². The number of benzene rings is 1. The second-order valence-corrected chi connectivity index (χ2v) is 4.28. The summed E-state index contributed by atoms with van der Waals surface area (Å²) in [6.45, 7) is -0.0563. The third-order valence-electron chi connectivity index (χ3n) is 2.84. The van der Waals surface area contributed by atoms with Crippen LogP contribution in [0.1, 0.15) is 18.1 Å². The first-order valence-electron chi connectivity index (χ1n) is 5.68. The zero-order chi connectivity index (χ0) is 14.0. The molecule has 1 fully saturated rings. The van der Waals surface area contributed by atoms with Gasteiger partial charge in [0, 0.05) is 12.0 Å². The summed E-state index contributed by atoms with van der Waals surface area (Å²) in [4.78, 5) is 10.8. The van der Waals surface area contributed by atoms with Crippen molar-refractivity contribution in [1.29, 1.82) is 0 Å². The number of aliphatic hydroxyl groups is 1. The summed E-state index contributed by atoms with van der Waals surface area (Å²) in [5.74, 6) is -1.31. The van der Waals surface area contributed by atoms with E-state index in [0.29, 0.717) is 0 Å². The van der Waals surface area contributed by atoms with Gasteiger partial charge in [0.05, 0.1) is 12.7 Å². The molecular weight excluding hydrogens is 260 g/mol. The van der Waals surface area contributed by atoms with Crippen LogP contribution in [0.3, 0.4) is 0 Å². The lowest BCUT2D eigenvalue weighted by atomic mass is 9.96. The summed E-state index contributed by atoms with van der Waals surface area (Å²) < 4.78 is 36.9. The van der Waals surface area contributed by atoms with Crippen LogP contribution in [0.2, 0.25) is 0 Å². The third kappa shape index (κ3) is 3.18. The molecule has 104 valence electrons. The van der Waals surface area contributed by atoms with E-state index in [1.54, 1.807) is 0 Å². The topological polar surface area (TPSA) is 81.8 Å². The van der Waals surface area contributed by atoms with Gasteiger partial charge in [0.15, 0.2) is 0 Å². The molecule has 7 heteroatoms. The predicted octanol–water partition coefficient (Wildman–Crippen LogP) is 1.25. The first kappa shape index (κ1) is 13.7. The Morgan fingerprint density at radius 3 is 2.89 bits per heavy atom. The van der Waals surface area contributed by atoms with E-state index in [0.717, 1.165) is 18.2 Å². The molecule has 19 heavy (non-hydrogen) atoms. The van der Waals surface area contributed by atoms with Crippen LogP contribution in [0.15, 0.2) is 18.2 Å². The monoisotopic (exact) mass is 273 g/mol. The van der Waals surface area contributed by atoms with E-state index in [2.05, 4.69) is 0 Å². The van der Waals surface area contributed by atoms with Crippen LogP contribution >= 0.6 is 0 Å². The Kier molecular flexibility index (Phi) is 3.96. The Morgan fingerprint density at radius 2 is 2.21 bits per heavy atom. The fraction of sp³-hybridized carbons (Fsp3) is 0.417. The Balaban J connectivity index is 2.28. The highest BCUT2D eigenvalue weighted by atomic mass is 19.1. The molecular formula is C12H13F2NO4. The Bertz CT molecular complexity index is 483. The maximum absolute atomic E-state index is 13.7. The molecule has 3 atom stereocenters. The number of nitrogens with two attached hydrogens (primary N) is 1. The second-order valence-electron chi connectivity index (χ2n) is 4.28. The van der Waals surface area contributed by atoms with Crippen molar-refractivity contribution in [3.05, 3.63) is 35.4 Å². The van der Waals surface area contributed by atoms with E-state index >= 15 is 0 Å². The molecule has 1 heterocycles. The molecule has 1 saturated heterocycles. The van der Waals surface area contributed by atoms with Crippen molar-refractivity contribution in [3.63, 3.8) is 0 Å². The molecule has 0 bridgehead atoms. The zero-order valence-corrected chi connectivity index (χ0v) is 9.88. The highest BCUT2D eigenvalue weighted by Gasteiger charge is 2.36. The number of hydrogen-bond donors (Lipinski definition) is 2. The smallest absolute Gasteiger partial charge is 0.404 e. The van der Waals surface area contributed by atoms with Crippen molar-refractivity contribution in [2.75, 3.05) is 6.61 Å². The number of carbonyl (C=O) groups is 1. The van der Waals surface area contributed by atoms with E-state index in [1.165, 1.54) is 0 Å². The number of ether oxygens (including phenoxy) is 2. The lowest BCUT2D eigenvalue weighted by Crippen LogP contribution is -2.40. The molecule has 1 unspecified atom stereocenters. The number of aliphatic hydroxyl groups excluding tert-OH is 1. The quantitative estimate of drug-likeness (QED) is 0.849. The molecule has 1 aromatic rings. The summed E-state index contributed by atoms with van der Waals surface area (Å²) >= 11 is 0. The molecule has 1 amide bonds. The van der Waals surface area contributed by atoms with Gasteiger partial charge in [-0.05, 0) is 18.2 Å². The largest absolute Gasteiger partial charge is 0.443 e. The molecule has 0 saturated carbocycles. The van der Waals surface area contributed by atoms with E-state index in [9.17, 15) is 18.7 Å². The second kappa shape index (κ2) is 5.50. The van der Waals surface area contributed by atoms with Crippen LogP contribution < -0.4 is 5.73 Å². The van der Waals surface area contributed by atoms with Gasteiger partial charge in [0.1, 0.15) is 23.8 Å². The van der Waals surface area contributed by atoms with Crippen molar-refractivity contribution in [2.24, 2.45) is 5.73 Å². The maximum Gasteiger partial charge on any atom is 0.404 e. The number of halogens is 2. The van der Waals surface area contributed by atoms with E-state index in [1.807, 2.05) is 0 Å². The van der Waals surface area contributed by atoms with Gasteiger partial charge in [0.25, 0.3) is 0 Å². The van der Waals surface area contributed by atoms with Crippen LogP contribution in [-0.4, -0.2) is 30.0 Å². The van der Waals surface area contributed by atoms with Crippen molar-refractivity contribution in [2.45, 2.75) is 24.7 Å². The Hall–Kier alpha value is -1.73. The molecule has 5 nitrogen and oxygen atoms in total. The zero-order valence-electron chi connectivity index (χ0n) is 9.88. The molecule has 2 rings (SSSR count). The molecule has 3 N–H and O–H groups in total. The minimum atomic E-state index is -1.07. The first-order valence-corrected chi connectivity index (χ1v) is 5.68. The highest BCUT2D eigenvalue weighted by Crippen LogP contribution is 2.32. The van der Waals surface area contributed by atoms with Gasteiger partial charge in [-0.2, -0.15) is 0 Å². The molecule has 1 aliphatic rings. The van der Waals surface area contributed by atoms with Crippen molar-refractivity contribution >= 4 is 6.09 Å². The summed E-state index contributed by atoms with van der Waals surface area (Å²) in [5, 5.41) is 9.46. The van der Waals surface area contributed by atoms with Crippen LogP contribution in [0, 0.1) is 11.6 Å². The lowest BCUT2D eigenvalue weighted by molar-refractivity contribution is -0.127. The fourth-order valence-corrected chi connectivity index (χ4v) is 2.06. The van der Waals surface area contributed by atoms with Gasteiger partial charge in [0.2, 0.25) is 0 Å². The van der Waals surface area contributed by atoms with Gasteiger partial charge >= 0.3 is 6.09 Å². The number of carbonyl (C=O) groups excluding carboxylic acids is 1. The van der Waals surface area contributed by atoms with Gasteiger partial charge < -0.3 is 20.3 Å². The van der Waals surface area contributed by atoms with Crippen molar-refractivity contribution in [1.82, 2.24) is 0 Å². The first-order chi connectivity index (χ1) is 8.97. The normalized spacial score (nSPS) is 27.0. The fourth-order valence-electron chi connectivity index (χ4n) is 2.06. The minimum absolute atomic E-state index is 0.0452. The van der Waals surface area contributed by atoms with Crippen LogP contribution in [-0.2, 0) is 9.47 Å². The maximum atomic E-state index is 13.7. The lowest BCUT2D eigenvalue weighted by Gasteiger charge is -2.33. The average molecular weight is 273 g/mol. The summed E-state index contributed by atoms with van der Waals surface area (Å²) in [7, 11) is 0. The standard InChI is InChI=1S/C12H13F2NO4/c13-6-1-2-9(14)8(3-6)11-10(19-12(15)17)4-7(16)5-18-11/h1-3,7,10-11,16H,4-5H2,(H2,15,17)/t7?,10-,11+/m0/s1. The third-order valence-corrected chi connectivity index (χ3v) is 2.84. The minimum Gasteiger partial charge on any atom is -0.443 e. The summed E-state index contributed by atoms with van der Waals surface area (Å²) in [5.41, 5.74) is 4.84. The number of hydrogen-bond acceptors (Lipinski definition) is 4. The van der Waals surface area contributed by atoms with Gasteiger partial charge in [-0.1, -0.05) is 0 Å². The molecule has 1 aromatic carbocycles. The van der Waals surface area contributed by atoms with E-state index < -0.39 is 36.0 Å². The Morgan fingerprint density at radius 1 is 1.47 bits per heavy atom. The van der Waals surface area contributed by atoms with E-state index in [-0.39, 0.29) is 18.6 Å². The summed E-state index contributed by atoms with van der Waals surface area (Å²) in [6.07, 6.45) is -3.82. The molecule has 1 aliphatic heterocycles.